The Hall–Kier alpha value is -3.99. The van der Waals surface area contributed by atoms with E-state index in [1.54, 1.807) is 13.1 Å². The van der Waals surface area contributed by atoms with Gasteiger partial charge in [0.25, 0.3) is 0 Å². The molecule has 1 amide bonds. The predicted octanol–water partition coefficient (Wildman–Crippen LogP) is 3.41. The number of pyridine rings is 1. The van der Waals surface area contributed by atoms with Crippen molar-refractivity contribution in [1.82, 2.24) is 24.8 Å². The number of thiophene rings is 1. The lowest BCUT2D eigenvalue weighted by Gasteiger charge is -2.37. The van der Waals surface area contributed by atoms with Gasteiger partial charge in [0.05, 0.1) is 35.4 Å². The lowest BCUT2D eigenvalue weighted by Crippen LogP contribution is -2.52. The van der Waals surface area contributed by atoms with Crippen molar-refractivity contribution in [2.45, 2.75) is 32.6 Å². The maximum Gasteiger partial charge on any atom is 0.226 e. The van der Waals surface area contributed by atoms with E-state index in [1.165, 1.54) is 0 Å². The molecule has 2 saturated heterocycles. The molecule has 6 heterocycles. The van der Waals surface area contributed by atoms with Crippen LogP contribution in [0.5, 0.6) is 0 Å². The Morgan fingerprint density at radius 1 is 1.15 bits per heavy atom. The molecule has 0 unspecified atom stereocenters. The number of hydrogen-bond donors (Lipinski definition) is 1. The highest BCUT2D eigenvalue weighted by atomic mass is 32.1. The highest BCUT2D eigenvalue weighted by molar-refractivity contribution is 7.23. The summed E-state index contributed by atoms with van der Waals surface area (Å²) in [4.78, 5) is 31.6. The lowest BCUT2D eigenvalue weighted by molar-refractivity contribution is -0.130. The summed E-state index contributed by atoms with van der Waals surface area (Å²) < 4.78 is 37.2. The van der Waals surface area contributed by atoms with Gasteiger partial charge in [-0.2, -0.15) is 5.26 Å². The first-order valence-corrected chi connectivity index (χ1v) is 14.3. The smallest absolute Gasteiger partial charge is 0.226 e. The molecule has 3 aliphatic heterocycles. The average molecular weight is 577 g/mol. The SMILES string of the molecule is CC(=O)N1CCN([C@@H]2CCN(c3ncc4c5c(c(-c6ncc(F)c7sc(N)c(C#N)c67)c(F)c4n3)COC5)C2)CC1. The zero-order valence-electron chi connectivity index (χ0n) is 22.3. The number of nitrogen functional groups attached to an aromatic ring is 1. The molecule has 0 radical (unpaired) electrons. The van der Waals surface area contributed by atoms with E-state index >= 15 is 4.39 Å². The zero-order chi connectivity index (χ0) is 28.4. The standard InChI is InChI=1S/C28H26F2N8O2S/c1-14(39)36-4-6-37(7-5-36)15-2-3-38(11-15)28-34-9-17-18-12-40-13-19(18)21(23(30)24(17)35-28)25-22-16(8-31)27(32)41-26(22)20(29)10-33-25/h9-10,15H,2-7,11-13,32H2,1H3/t15-/m1/s1. The minimum atomic E-state index is -0.619. The summed E-state index contributed by atoms with van der Waals surface area (Å²) in [5.41, 5.74) is 7.89. The summed E-state index contributed by atoms with van der Waals surface area (Å²) in [6.45, 7) is 6.49. The fourth-order valence-corrected chi connectivity index (χ4v) is 7.24. The fourth-order valence-electron chi connectivity index (χ4n) is 6.31. The Labute approximate surface area is 237 Å². The number of nitrogens with two attached hydrogens (primary N) is 1. The van der Waals surface area contributed by atoms with E-state index in [2.05, 4.69) is 19.8 Å². The van der Waals surface area contributed by atoms with Gasteiger partial charge in [-0.15, -0.1) is 11.3 Å². The number of nitrogens with zero attached hydrogens (tertiary/aromatic N) is 7. The van der Waals surface area contributed by atoms with Gasteiger partial charge in [0.2, 0.25) is 11.9 Å². The third-order valence-corrected chi connectivity index (χ3v) is 9.48. The number of carbonyl (C=O) groups is 1. The van der Waals surface area contributed by atoms with Crippen molar-refractivity contribution in [3.8, 4) is 17.3 Å². The monoisotopic (exact) mass is 576 g/mol. The highest BCUT2D eigenvalue weighted by Crippen LogP contribution is 2.45. The Kier molecular flexibility index (Phi) is 6.22. The molecule has 4 aromatic rings. The van der Waals surface area contributed by atoms with E-state index in [0.29, 0.717) is 42.6 Å². The van der Waals surface area contributed by atoms with Crippen LogP contribution in [0.4, 0.5) is 19.7 Å². The first-order chi connectivity index (χ1) is 19.9. The topological polar surface area (TPSA) is 124 Å². The molecule has 0 aliphatic carbocycles. The summed E-state index contributed by atoms with van der Waals surface area (Å²) in [5.74, 6) is -0.700. The number of anilines is 2. The number of ether oxygens (including phenoxy) is 1. The molecule has 0 saturated carbocycles. The number of amides is 1. The second kappa shape index (κ2) is 9.83. The second-order valence-corrected chi connectivity index (χ2v) is 11.7. The first kappa shape index (κ1) is 25.9. The predicted molar refractivity (Wildman–Crippen MR) is 150 cm³/mol. The van der Waals surface area contributed by atoms with Crippen LogP contribution in [0.3, 0.4) is 0 Å². The van der Waals surface area contributed by atoms with Crippen molar-refractivity contribution < 1.29 is 18.3 Å². The molecule has 2 fully saturated rings. The van der Waals surface area contributed by atoms with Crippen LogP contribution in [0.1, 0.15) is 30.0 Å². The van der Waals surface area contributed by atoms with Gasteiger partial charge in [0.15, 0.2) is 11.6 Å². The highest BCUT2D eigenvalue weighted by Gasteiger charge is 2.33. The van der Waals surface area contributed by atoms with Crippen LogP contribution in [0.2, 0.25) is 0 Å². The van der Waals surface area contributed by atoms with Crippen LogP contribution in [0.25, 0.3) is 32.2 Å². The molecule has 7 rings (SSSR count). The third kappa shape index (κ3) is 4.08. The van der Waals surface area contributed by atoms with Gasteiger partial charge < -0.3 is 20.3 Å². The number of carbonyl (C=O) groups excluding carboxylic acids is 1. The number of piperazine rings is 1. The molecule has 210 valence electrons. The van der Waals surface area contributed by atoms with Gasteiger partial charge in [-0.1, -0.05) is 0 Å². The van der Waals surface area contributed by atoms with Gasteiger partial charge in [-0.05, 0) is 17.5 Å². The average Bonchev–Trinajstić information content (AvgIpc) is 3.73. The van der Waals surface area contributed by atoms with Gasteiger partial charge in [0.1, 0.15) is 16.6 Å². The van der Waals surface area contributed by atoms with Crippen LogP contribution in [0.15, 0.2) is 12.4 Å². The first-order valence-electron chi connectivity index (χ1n) is 13.4. The molecular weight excluding hydrogens is 550 g/mol. The van der Waals surface area contributed by atoms with Crippen LogP contribution in [-0.2, 0) is 22.7 Å². The van der Waals surface area contributed by atoms with Gasteiger partial charge in [-0.3, -0.25) is 14.7 Å². The van der Waals surface area contributed by atoms with Crippen LogP contribution >= 0.6 is 11.3 Å². The number of aromatic nitrogens is 3. The number of hydrogen-bond acceptors (Lipinski definition) is 10. The Bertz CT molecular complexity index is 1780. The van der Waals surface area contributed by atoms with Crippen molar-refractivity contribution in [3.05, 3.63) is 40.7 Å². The summed E-state index contributed by atoms with van der Waals surface area (Å²) in [6.07, 6.45) is 3.60. The summed E-state index contributed by atoms with van der Waals surface area (Å²) in [7, 11) is 0. The molecular formula is C28H26F2N8O2S. The Morgan fingerprint density at radius 3 is 2.68 bits per heavy atom. The van der Waals surface area contributed by atoms with Gasteiger partial charge in [-0.25, -0.2) is 18.7 Å². The maximum atomic E-state index is 16.6. The van der Waals surface area contributed by atoms with Crippen molar-refractivity contribution in [3.63, 3.8) is 0 Å². The number of halogens is 2. The number of fused-ring (bicyclic) bond motifs is 4. The quantitative estimate of drug-likeness (QED) is 0.391. The van der Waals surface area contributed by atoms with Crippen LogP contribution in [-0.4, -0.2) is 76.0 Å². The van der Waals surface area contributed by atoms with E-state index < -0.39 is 11.6 Å². The molecule has 10 nitrogen and oxygen atoms in total. The molecule has 1 atom stereocenters. The van der Waals surface area contributed by atoms with Crippen molar-refractivity contribution in [2.75, 3.05) is 49.9 Å². The normalized spacial score (nSPS) is 19.3. The Morgan fingerprint density at radius 2 is 1.93 bits per heavy atom. The zero-order valence-corrected chi connectivity index (χ0v) is 23.1. The van der Waals surface area contributed by atoms with E-state index in [4.69, 9.17) is 15.5 Å². The largest absolute Gasteiger partial charge is 0.389 e. The Balaban J connectivity index is 1.28. The molecule has 0 spiro atoms. The van der Waals surface area contributed by atoms with E-state index in [0.717, 1.165) is 49.2 Å². The molecule has 13 heteroatoms. The molecule has 3 aromatic heterocycles. The summed E-state index contributed by atoms with van der Waals surface area (Å²) in [6, 6.07) is 2.33. The number of benzene rings is 1. The fraction of sp³-hybridized carbons (Fsp3) is 0.393. The number of rotatable bonds is 3. The molecule has 3 aliphatic rings. The minimum absolute atomic E-state index is 0.0785. The van der Waals surface area contributed by atoms with Gasteiger partial charge >= 0.3 is 0 Å². The second-order valence-electron chi connectivity index (χ2n) is 10.6. The molecule has 41 heavy (non-hydrogen) atoms. The van der Waals surface area contributed by atoms with Crippen LogP contribution < -0.4 is 10.6 Å². The lowest BCUT2D eigenvalue weighted by atomic mass is 9.94. The summed E-state index contributed by atoms with van der Waals surface area (Å²) in [5, 5.41) is 10.7. The van der Waals surface area contributed by atoms with E-state index in [1.807, 2.05) is 11.0 Å². The van der Waals surface area contributed by atoms with Crippen molar-refractivity contribution in [2.24, 2.45) is 0 Å². The maximum absolute atomic E-state index is 16.6. The molecule has 0 bridgehead atoms. The summed E-state index contributed by atoms with van der Waals surface area (Å²) >= 11 is 0.945. The van der Waals surface area contributed by atoms with Crippen molar-refractivity contribution in [1.29, 1.82) is 5.26 Å². The van der Waals surface area contributed by atoms with E-state index in [9.17, 15) is 14.4 Å². The minimum Gasteiger partial charge on any atom is -0.389 e. The molecule has 1 aromatic carbocycles. The van der Waals surface area contributed by atoms with E-state index in [-0.39, 0.29) is 56.5 Å². The molecule has 2 N–H and O–H groups in total. The van der Waals surface area contributed by atoms with Crippen LogP contribution in [0, 0.1) is 23.0 Å². The van der Waals surface area contributed by atoms with Gasteiger partial charge in [0, 0.05) is 74.8 Å². The number of nitriles is 1. The third-order valence-electron chi connectivity index (χ3n) is 8.45. The van der Waals surface area contributed by atoms with Crippen molar-refractivity contribution >= 4 is 49.2 Å².